The van der Waals surface area contributed by atoms with Crippen LogP contribution < -0.4 is 5.48 Å². The van der Waals surface area contributed by atoms with Crippen LogP contribution in [0.3, 0.4) is 0 Å². The molecular formula is C5H9NO3. The van der Waals surface area contributed by atoms with Crippen molar-refractivity contribution in [1.29, 1.82) is 0 Å². The van der Waals surface area contributed by atoms with Crippen LogP contribution in [0.1, 0.15) is 20.3 Å². The van der Waals surface area contributed by atoms with Gasteiger partial charge in [-0.15, -0.1) is 5.48 Å². The summed E-state index contributed by atoms with van der Waals surface area (Å²) in [5.74, 6) is -1.12. The Morgan fingerprint density at radius 1 is 1.89 bits per heavy atom. The van der Waals surface area contributed by atoms with Crippen LogP contribution in [0.25, 0.3) is 0 Å². The van der Waals surface area contributed by atoms with E-state index in [0.717, 1.165) is 0 Å². The maximum atomic E-state index is 10.3. The third-order valence-corrected chi connectivity index (χ3v) is 1.10. The number of rotatable bonds is 2. The van der Waals surface area contributed by atoms with Crippen LogP contribution in [-0.2, 0) is 14.4 Å². The van der Waals surface area contributed by atoms with E-state index in [1.807, 2.05) is 6.92 Å². The van der Waals surface area contributed by atoms with Crippen molar-refractivity contribution >= 4 is 5.97 Å². The highest BCUT2D eigenvalue weighted by atomic mass is 16.9. The molecular weight excluding hydrogens is 122 g/mol. The van der Waals surface area contributed by atoms with E-state index in [9.17, 15) is 4.79 Å². The van der Waals surface area contributed by atoms with Gasteiger partial charge in [0, 0.05) is 13.3 Å². The molecule has 0 aromatic carbocycles. The predicted octanol–water partition coefficient (Wildman–Crippen LogP) is 0.148. The Labute approximate surface area is 53.1 Å². The van der Waals surface area contributed by atoms with E-state index in [1.165, 1.54) is 6.92 Å². The number of hydroxylamine groups is 1. The lowest BCUT2D eigenvalue weighted by Gasteiger charge is -2.04. The fraction of sp³-hybridized carbons (Fsp3) is 0.800. The van der Waals surface area contributed by atoms with Gasteiger partial charge in [0.15, 0.2) is 0 Å². The van der Waals surface area contributed by atoms with Gasteiger partial charge in [-0.3, -0.25) is 4.79 Å². The van der Waals surface area contributed by atoms with Crippen molar-refractivity contribution < 1.29 is 14.4 Å². The first-order chi connectivity index (χ1) is 4.18. The molecule has 0 amide bonds. The Hall–Kier alpha value is -0.610. The quantitative estimate of drug-likeness (QED) is 0.428. The molecule has 52 valence electrons. The van der Waals surface area contributed by atoms with Crippen LogP contribution in [0.2, 0.25) is 0 Å². The molecule has 0 spiro atoms. The van der Waals surface area contributed by atoms with Gasteiger partial charge >= 0.3 is 11.9 Å². The van der Waals surface area contributed by atoms with Gasteiger partial charge in [0.25, 0.3) is 0 Å². The maximum Gasteiger partial charge on any atom is 0.310 e. The van der Waals surface area contributed by atoms with Crippen molar-refractivity contribution in [3.8, 4) is 0 Å². The van der Waals surface area contributed by atoms with E-state index in [1.54, 1.807) is 0 Å². The van der Waals surface area contributed by atoms with Gasteiger partial charge in [0.1, 0.15) is 0 Å². The third-order valence-electron chi connectivity index (χ3n) is 1.10. The zero-order valence-corrected chi connectivity index (χ0v) is 5.43. The Bertz CT molecular complexity index is 130. The normalized spacial score (nSPS) is 31.8. The van der Waals surface area contributed by atoms with Crippen LogP contribution in [0.15, 0.2) is 0 Å². The molecule has 1 aliphatic heterocycles. The van der Waals surface area contributed by atoms with Gasteiger partial charge < -0.3 is 4.74 Å². The second kappa shape index (κ2) is 1.97. The summed E-state index contributed by atoms with van der Waals surface area (Å²) in [6.45, 7) is 3.21. The minimum Gasteiger partial charge on any atom is -0.415 e. The summed E-state index contributed by atoms with van der Waals surface area (Å²) < 4.78 is 4.73. The lowest BCUT2D eigenvalue weighted by atomic mass is 10.4. The molecule has 1 atom stereocenters. The number of carbonyl (C=O) groups is 1. The van der Waals surface area contributed by atoms with Crippen LogP contribution in [-0.4, -0.2) is 11.9 Å². The molecule has 1 N–H and O–H groups in total. The van der Waals surface area contributed by atoms with Gasteiger partial charge in [-0.2, -0.15) is 0 Å². The molecule has 1 saturated heterocycles. The number of nitrogens with one attached hydrogen (secondary N) is 1. The Morgan fingerprint density at radius 2 is 2.44 bits per heavy atom. The summed E-state index contributed by atoms with van der Waals surface area (Å²) >= 11 is 0. The topological polar surface area (TPSA) is 60.8 Å². The Balaban J connectivity index is 2.33. The molecule has 1 rings (SSSR count). The zero-order chi connectivity index (χ0) is 6.91. The highest BCUT2D eigenvalue weighted by Gasteiger charge is 2.47. The van der Waals surface area contributed by atoms with Crippen molar-refractivity contribution in [3.63, 3.8) is 0 Å². The van der Waals surface area contributed by atoms with Crippen molar-refractivity contribution in [2.45, 2.75) is 26.2 Å². The zero-order valence-electron chi connectivity index (χ0n) is 5.43. The van der Waals surface area contributed by atoms with Crippen LogP contribution in [0.5, 0.6) is 0 Å². The molecule has 1 unspecified atom stereocenters. The molecule has 0 aliphatic carbocycles. The minimum absolute atomic E-state index is 0.332. The summed E-state index contributed by atoms with van der Waals surface area (Å²) in [4.78, 5) is 15.0. The maximum absolute atomic E-state index is 10.3. The number of hydrogen-bond donors (Lipinski definition) is 1. The molecule has 1 heterocycles. The molecule has 1 aliphatic rings. The summed E-state index contributed by atoms with van der Waals surface area (Å²) in [5, 5.41) is 0. The summed E-state index contributed by atoms with van der Waals surface area (Å²) in [7, 11) is 0. The van der Waals surface area contributed by atoms with E-state index in [4.69, 9.17) is 4.74 Å². The monoisotopic (exact) mass is 131 g/mol. The molecule has 4 heteroatoms. The van der Waals surface area contributed by atoms with Crippen molar-refractivity contribution in [3.05, 3.63) is 0 Å². The molecule has 0 saturated carbocycles. The third kappa shape index (κ3) is 1.40. The average Bonchev–Trinajstić information content (AvgIpc) is 2.48. The first-order valence-corrected chi connectivity index (χ1v) is 2.83. The summed E-state index contributed by atoms with van der Waals surface area (Å²) in [6.07, 6.45) is 0.632. The highest BCUT2D eigenvalue weighted by Crippen LogP contribution is 2.24. The van der Waals surface area contributed by atoms with E-state index in [0.29, 0.717) is 6.42 Å². The van der Waals surface area contributed by atoms with Crippen LogP contribution in [0.4, 0.5) is 0 Å². The fourth-order valence-corrected chi connectivity index (χ4v) is 0.547. The van der Waals surface area contributed by atoms with Crippen molar-refractivity contribution in [2.24, 2.45) is 0 Å². The number of esters is 1. The second-order valence-electron chi connectivity index (χ2n) is 1.90. The van der Waals surface area contributed by atoms with Crippen LogP contribution in [0, 0.1) is 0 Å². The predicted molar refractivity (Wildman–Crippen MR) is 29.0 cm³/mol. The number of hydrogen-bond acceptors (Lipinski definition) is 4. The Morgan fingerprint density at radius 3 is 2.56 bits per heavy atom. The van der Waals surface area contributed by atoms with Gasteiger partial charge in [0.05, 0.1) is 0 Å². The molecule has 0 aromatic heterocycles. The molecule has 0 aromatic rings. The second-order valence-corrected chi connectivity index (χ2v) is 1.90. The van der Waals surface area contributed by atoms with Crippen molar-refractivity contribution in [2.75, 3.05) is 0 Å². The van der Waals surface area contributed by atoms with Crippen molar-refractivity contribution in [1.82, 2.24) is 5.48 Å². The van der Waals surface area contributed by atoms with E-state index < -0.39 is 5.91 Å². The molecule has 1 fully saturated rings. The largest absolute Gasteiger partial charge is 0.415 e. The first-order valence-electron chi connectivity index (χ1n) is 2.83. The number of carbonyl (C=O) groups excluding carboxylic acids is 1. The van der Waals surface area contributed by atoms with Gasteiger partial charge in [-0.05, 0) is 0 Å². The lowest BCUT2D eigenvalue weighted by molar-refractivity contribution is -0.156. The summed E-state index contributed by atoms with van der Waals surface area (Å²) in [5.41, 5.74) is 2.49. The molecule has 0 bridgehead atoms. The number of ether oxygens (including phenoxy) is 1. The Kier molecular flexibility index (Phi) is 1.42. The SMILES string of the molecule is CCC1(OC(C)=O)NO1. The van der Waals surface area contributed by atoms with Gasteiger partial charge in [-0.1, -0.05) is 6.92 Å². The first kappa shape index (κ1) is 6.51. The van der Waals surface area contributed by atoms with E-state index >= 15 is 0 Å². The molecule has 4 nitrogen and oxygen atoms in total. The summed E-state index contributed by atoms with van der Waals surface area (Å²) in [6, 6.07) is 0. The highest BCUT2D eigenvalue weighted by molar-refractivity contribution is 5.66. The lowest BCUT2D eigenvalue weighted by Crippen LogP contribution is -2.21. The molecule has 0 radical (unpaired) electrons. The fourth-order valence-electron chi connectivity index (χ4n) is 0.547. The molecule has 9 heavy (non-hydrogen) atoms. The van der Waals surface area contributed by atoms with Crippen LogP contribution >= 0.6 is 0 Å². The van der Waals surface area contributed by atoms with Gasteiger partial charge in [-0.25, -0.2) is 4.84 Å². The standard InChI is InChI=1S/C5H9NO3/c1-3-5(6-9-5)8-4(2)7/h6H,3H2,1-2H3. The average molecular weight is 131 g/mol. The van der Waals surface area contributed by atoms with E-state index in [2.05, 4.69) is 10.3 Å². The van der Waals surface area contributed by atoms with Gasteiger partial charge in [0.2, 0.25) is 0 Å². The minimum atomic E-state index is -0.786. The smallest absolute Gasteiger partial charge is 0.310 e. The van der Waals surface area contributed by atoms with E-state index in [-0.39, 0.29) is 5.97 Å².